The maximum absolute atomic E-state index is 9.51. The Morgan fingerprint density at radius 2 is 0.698 bits per heavy atom. The van der Waals surface area contributed by atoms with Crippen LogP contribution in [0.3, 0.4) is 0 Å². The molecular weight excluding hydrogens is 1770 g/mol. The van der Waals surface area contributed by atoms with E-state index in [4.69, 9.17) is 72.0 Å². The van der Waals surface area contributed by atoms with Crippen LogP contribution in [0.4, 0.5) is 104 Å². The van der Waals surface area contributed by atoms with Crippen molar-refractivity contribution in [1.29, 1.82) is 0 Å². The Labute approximate surface area is 806 Å². The molecule has 4 fully saturated rings. The van der Waals surface area contributed by atoms with Crippen LogP contribution in [0.5, 0.6) is 0 Å². The first-order chi connectivity index (χ1) is 66.6. The van der Waals surface area contributed by atoms with Crippen molar-refractivity contribution in [2.75, 3.05) is 237 Å². The quantitative estimate of drug-likeness (QED) is 0.0363. The third-order valence-electron chi connectivity index (χ3n) is 23.4. The number of aliphatic hydroxyl groups excluding tert-OH is 5. The van der Waals surface area contributed by atoms with Gasteiger partial charge in [-0.2, -0.15) is 0 Å². The summed E-state index contributed by atoms with van der Waals surface area (Å²) in [6.07, 6.45) is 21.8. The normalized spacial score (nSPS) is 14.6. The second-order valence-corrected chi connectivity index (χ2v) is 33.1. The Morgan fingerprint density at radius 1 is 0.374 bits per heavy atom. The van der Waals surface area contributed by atoms with Crippen molar-refractivity contribution < 1.29 is 25.5 Å². The van der Waals surface area contributed by atoms with E-state index in [-0.39, 0.29) is 40.8 Å². The molecule has 0 aromatic carbocycles. The Kier molecular flexibility index (Phi) is 35.8. The predicted octanol–water partition coefficient (Wildman–Crippen LogP) is 8.09. The van der Waals surface area contributed by atoms with Gasteiger partial charge in [0.15, 0.2) is 52.4 Å². The number of nitrogens with one attached hydrogen (secondary N) is 5. The molecule has 139 heavy (non-hydrogen) atoms. The SMILES string of the molecule is C.C.CC(O)CNc1nn2ccccc2c1N.CCNc1nn2ccccc2c1N.CN(C)C1CCN(c2nn3ccccc3c2N)C1.CNc1nn2ccccc2c1N.Nc1c(N(CCO)CCO)nn2ccccc12.Nc1c(N2CCC(O)C2)nn2ccccc12.Nc1c(N2CCCC2)nn2ccccc12.Nc1c(N2CCCNCC2)nn2ccccc12.Nc1c(NCCO)nn2ccccc12. The summed E-state index contributed by atoms with van der Waals surface area (Å²) in [5.41, 5.74) is 68.5. The van der Waals surface area contributed by atoms with Crippen LogP contribution in [0.2, 0.25) is 0 Å². The second-order valence-electron chi connectivity index (χ2n) is 33.1. The number of hydrogen-bond acceptors (Lipinski definition) is 34. The minimum absolute atomic E-state index is 0. The summed E-state index contributed by atoms with van der Waals surface area (Å²) in [6, 6.07) is 52.9. The summed E-state index contributed by atoms with van der Waals surface area (Å²) in [5, 5.41) is 100. The lowest BCUT2D eigenvalue weighted by Crippen LogP contribution is -2.31. The smallest absolute Gasteiger partial charge is 0.175 e. The first kappa shape index (κ1) is 102. The molecule has 0 bridgehead atoms. The van der Waals surface area contributed by atoms with E-state index in [1.807, 2.05) is 245 Å². The molecule has 0 radical (unpaired) electrons. The number of aliphatic hydroxyl groups is 5. The fraction of sp³-hybridized carbons (Fsp3) is 0.344. The molecule has 4 aliphatic heterocycles. The molecule has 22 heterocycles. The summed E-state index contributed by atoms with van der Waals surface area (Å²) in [6.45, 7) is 16.0. The maximum atomic E-state index is 9.51. The Bertz CT molecular complexity index is 6790. The molecule has 0 spiro atoms. The lowest BCUT2D eigenvalue weighted by molar-refractivity contribution is 0.198. The Balaban J connectivity index is 0.000000140. The fourth-order valence-electron chi connectivity index (χ4n) is 16.3. The number of rotatable bonds is 19. The highest BCUT2D eigenvalue weighted by molar-refractivity contribution is 5.87. The van der Waals surface area contributed by atoms with Gasteiger partial charge < -0.3 is 133 Å². The molecule has 740 valence electrons. The van der Waals surface area contributed by atoms with Crippen molar-refractivity contribution in [2.45, 2.75) is 79.1 Å². The van der Waals surface area contributed by atoms with Gasteiger partial charge in [0, 0.05) is 160 Å². The van der Waals surface area contributed by atoms with Crippen molar-refractivity contribution >= 4 is 153 Å². The van der Waals surface area contributed by atoms with Crippen molar-refractivity contribution in [2.24, 2.45) is 0 Å². The van der Waals surface area contributed by atoms with Crippen LogP contribution < -0.4 is 103 Å². The van der Waals surface area contributed by atoms with E-state index < -0.39 is 6.10 Å². The fourth-order valence-corrected chi connectivity index (χ4v) is 16.3. The van der Waals surface area contributed by atoms with E-state index in [1.54, 1.807) is 46.0 Å². The van der Waals surface area contributed by atoms with E-state index in [9.17, 15) is 5.11 Å². The lowest BCUT2D eigenvalue weighted by atomic mass is 10.2. The van der Waals surface area contributed by atoms with Crippen LogP contribution in [0, 0.1) is 0 Å². The minimum atomic E-state index is -0.422. The highest BCUT2D eigenvalue weighted by Crippen LogP contribution is 2.35. The van der Waals surface area contributed by atoms with Crippen molar-refractivity contribution in [3.63, 3.8) is 0 Å². The van der Waals surface area contributed by atoms with Crippen molar-refractivity contribution in [1.82, 2.24) is 96.7 Å². The molecule has 4 aliphatic rings. The van der Waals surface area contributed by atoms with E-state index in [0.29, 0.717) is 90.3 Å². The third kappa shape index (κ3) is 24.4. The zero-order chi connectivity index (χ0) is 96.6. The number of nitrogen functional groups attached to an aromatic ring is 9. The molecule has 43 heteroatoms. The Hall–Kier alpha value is -15.7. The molecule has 3 unspecified atom stereocenters. The van der Waals surface area contributed by atoms with Gasteiger partial charge in [0.25, 0.3) is 0 Å². The van der Waals surface area contributed by atoms with Crippen LogP contribution in [-0.2, 0) is 0 Å². The van der Waals surface area contributed by atoms with E-state index in [1.165, 1.54) is 19.3 Å². The molecule has 0 aliphatic carbocycles. The van der Waals surface area contributed by atoms with Gasteiger partial charge in [-0.1, -0.05) is 69.5 Å². The van der Waals surface area contributed by atoms with Gasteiger partial charge in [-0.25, -0.2) is 40.6 Å². The minimum Gasteiger partial charge on any atom is -0.395 e. The van der Waals surface area contributed by atoms with Crippen molar-refractivity contribution in [3.8, 4) is 0 Å². The number of nitrogens with zero attached hydrogens (tertiary/aromatic N) is 24. The zero-order valence-corrected chi connectivity index (χ0v) is 77.9. The number of aromatic nitrogens is 18. The number of nitrogens with two attached hydrogens (primary N) is 9. The summed E-state index contributed by atoms with van der Waals surface area (Å²) in [5.74, 6) is 6.87. The molecule has 28 N–H and O–H groups in total. The molecule has 0 amide bonds. The maximum Gasteiger partial charge on any atom is 0.175 e. The summed E-state index contributed by atoms with van der Waals surface area (Å²) in [4.78, 5) is 12.9. The molecule has 0 saturated carbocycles. The number of pyridine rings is 9. The first-order valence-electron chi connectivity index (χ1n) is 45.8. The topological polar surface area (TPSA) is 571 Å². The molecular formula is C96H136N38O5. The first-order valence-corrected chi connectivity index (χ1v) is 45.8. The molecule has 3 atom stereocenters. The highest BCUT2D eigenvalue weighted by Gasteiger charge is 2.30. The van der Waals surface area contributed by atoms with Crippen LogP contribution in [0.15, 0.2) is 220 Å². The molecule has 4 saturated heterocycles. The van der Waals surface area contributed by atoms with E-state index in [2.05, 4.69) is 106 Å². The summed E-state index contributed by atoms with van der Waals surface area (Å²) < 4.78 is 15.9. The van der Waals surface area contributed by atoms with Gasteiger partial charge >= 0.3 is 0 Å². The van der Waals surface area contributed by atoms with E-state index in [0.717, 1.165) is 180 Å². The summed E-state index contributed by atoms with van der Waals surface area (Å²) >= 11 is 0. The largest absolute Gasteiger partial charge is 0.395 e. The predicted molar refractivity (Wildman–Crippen MR) is 564 cm³/mol. The monoisotopic (exact) mass is 1900 g/mol. The van der Waals surface area contributed by atoms with Gasteiger partial charge in [0.05, 0.1) is 81.7 Å². The van der Waals surface area contributed by atoms with Gasteiger partial charge in [-0.3, -0.25) is 0 Å². The Morgan fingerprint density at radius 3 is 1.03 bits per heavy atom. The molecule has 18 aromatic heterocycles. The van der Waals surface area contributed by atoms with Gasteiger partial charge in [0.1, 0.15) is 51.2 Å². The number of β-amino-alcohol motifs (C(OH)–C–C–N with tert-alkyl or cyclic N) is 1. The average Bonchev–Trinajstić information content (AvgIpc) is 1.63. The molecule has 43 nitrogen and oxygen atoms in total. The number of fused-ring (bicyclic) bond motifs is 9. The van der Waals surface area contributed by atoms with Crippen LogP contribution >= 0.6 is 0 Å². The van der Waals surface area contributed by atoms with Gasteiger partial charge in [-0.15, -0.1) is 45.9 Å². The van der Waals surface area contributed by atoms with Crippen LogP contribution in [-0.4, -0.2) is 274 Å². The summed E-state index contributed by atoms with van der Waals surface area (Å²) in [7, 11) is 6.06. The standard InChI is InChI=1S/C13H19N5.C12H17N5.C11H16N4O2.C11H14N4O.C11H14N4.C10H14N4O.C9H12N4O.C9H12N4.C8H10N4.2CH4/c1-16(2)10-6-8-17(9-10)13-12(14)11-5-3-4-7-18(11)15-13;13-11-10-4-1-2-8-17(10)15-12(11)16-7-3-5-14-6-9-16;12-10-9-3-1-2-4-15(9)13-11(10)14(5-7-16)6-8-17;12-10-9-3-1-2-5-15(9)13-11(10)14-6-4-8(16)7-14;12-10-9-5-1-2-8-15(9)13-11(10)14-6-3-4-7-14;1-7(15)6-12-10-9(11)8-4-2-3-5-14(8)13-10;10-8-7-3-1-2-5-13(7)12-9(8)11-4-6-14;1-2-11-9-8(10)7-5-3-4-6-13(7)12-9;1-10-8-7(9)6-4-2-3-5-12(6)11-8;;/h3-5,7,10H,6,8-9,14H2,1-2H3;1-2,4,8,14H,3,5-7,9,13H2;1-4,16-17H,5-8,12H2;1-3,5,8,16H,4,6-7,12H2;1-2,5,8H,3-4,6-7,12H2;2-5,7,15H,6,11H2,1H3,(H,12,13);1-3,5,14H,4,6,10H2,(H,11,12);3-6H,2,10H2,1H3,(H,11,12);2-5H,9H2,1H3,(H,10,11);2*1H4. The third-order valence-corrected chi connectivity index (χ3v) is 23.4. The van der Waals surface area contributed by atoms with Crippen LogP contribution in [0.1, 0.15) is 60.8 Å². The number of likely N-dealkylation sites (N-methyl/N-ethyl adjacent to an activating group) is 1. The average molecular weight is 1900 g/mol. The van der Waals surface area contributed by atoms with Crippen LogP contribution in [0.25, 0.3) is 49.7 Å². The second kappa shape index (κ2) is 48.7. The zero-order valence-electron chi connectivity index (χ0n) is 77.9. The number of hydrogen-bond donors (Lipinski definition) is 19. The molecule has 18 aromatic rings. The number of anilines is 18. The van der Waals surface area contributed by atoms with Crippen molar-refractivity contribution in [3.05, 3.63) is 220 Å². The molecule has 22 rings (SSSR count). The van der Waals surface area contributed by atoms with Gasteiger partial charge in [0.2, 0.25) is 0 Å². The van der Waals surface area contributed by atoms with Gasteiger partial charge in [-0.05, 0) is 176 Å². The van der Waals surface area contributed by atoms with E-state index >= 15 is 0 Å². The highest BCUT2D eigenvalue weighted by atomic mass is 16.3. The lowest BCUT2D eigenvalue weighted by Gasteiger charge is -2.20.